The topological polar surface area (TPSA) is 12.0 Å². The fourth-order valence-electron chi connectivity index (χ4n) is 1.45. The second-order valence-electron chi connectivity index (χ2n) is 3.98. The Balaban J connectivity index is 4.02. The molecule has 0 saturated carbocycles. The number of rotatable bonds is 7. The molecule has 1 N–H and O–H groups in total. The molecule has 0 amide bonds. The van der Waals surface area contributed by atoms with E-state index in [1.54, 1.807) is 6.92 Å². The van der Waals surface area contributed by atoms with Crippen molar-refractivity contribution >= 4 is 0 Å². The predicted octanol–water partition coefficient (Wildman–Crippen LogP) is 4.04. The molecule has 0 aromatic heterocycles. The van der Waals surface area contributed by atoms with Crippen molar-refractivity contribution < 1.29 is 26.3 Å². The Labute approximate surface area is 96.6 Å². The van der Waals surface area contributed by atoms with E-state index in [0.29, 0.717) is 13.0 Å². The molecule has 0 aliphatic heterocycles. The van der Waals surface area contributed by atoms with Crippen LogP contribution in [0.25, 0.3) is 0 Å². The number of hydrogen-bond acceptors (Lipinski definition) is 1. The van der Waals surface area contributed by atoms with Crippen LogP contribution in [0.5, 0.6) is 0 Å². The van der Waals surface area contributed by atoms with Crippen molar-refractivity contribution in [1.29, 1.82) is 0 Å². The zero-order chi connectivity index (χ0) is 13.5. The maximum atomic E-state index is 12.1. The van der Waals surface area contributed by atoms with Gasteiger partial charge in [0.25, 0.3) is 0 Å². The van der Waals surface area contributed by atoms with Crippen LogP contribution >= 0.6 is 0 Å². The van der Waals surface area contributed by atoms with E-state index in [1.165, 1.54) is 0 Å². The molecule has 1 atom stereocenters. The highest BCUT2D eigenvalue weighted by Crippen LogP contribution is 2.26. The molecule has 104 valence electrons. The maximum absolute atomic E-state index is 12.1. The summed E-state index contributed by atoms with van der Waals surface area (Å²) in [6, 6.07) is -0.919. The first-order chi connectivity index (χ1) is 7.64. The third kappa shape index (κ3) is 11.8. The third-order valence-corrected chi connectivity index (χ3v) is 2.17. The molecule has 0 spiro atoms. The molecule has 0 fully saturated rings. The summed E-state index contributed by atoms with van der Waals surface area (Å²) in [5.41, 5.74) is 0. The smallest absolute Gasteiger partial charge is 0.314 e. The van der Waals surface area contributed by atoms with Crippen LogP contribution in [0.4, 0.5) is 26.3 Å². The van der Waals surface area contributed by atoms with Crippen LogP contribution in [0, 0.1) is 0 Å². The lowest BCUT2D eigenvalue weighted by Gasteiger charge is -2.20. The van der Waals surface area contributed by atoms with Gasteiger partial charge >= 0.3 is 12.4 Å². The summed E-state index contributed by atoms with van der Waals surface area (Å²) >= 11 is 0. The fourth-order valence-corrected chi connectivity index (χ4v) is 1.45. The summed E-state index contributed by atoms with van der Waals surface area (Å²) in [7, 11) is 0. The van der Waals surface area contributed by atoms with Crippen molar-refractivity contribution in [3.8, 4) is 0 Å². The third-order valence-electron chi connectivity index (χ3n) is 2.17. The standard InChI is InChI=1S/C10H17F6N/c1-2-6-17-8(7-10(14,15)16)4-3-5-9(11,12)13/h8,17H,2-7H2,1H3. The largest absolute Gasteiger partial charge is 0.390 e. The van der Waals surface area contributed by atoms with E-state index in [1.807, 2.05) is 0 Å². The minimum absolute atomic E-state index is 0.112. The molecule has 17 heavy (non-hydrogen) atoms. The summed E-state index contributed by atoms with van der Waals surface area (Å²) in [4.78, 5) is 0. The van der Waals surface area contributed by atoms with Crippen LogP contribution in [-0.4, -0.2) is 24.9 Å². The highest BCUT2D eigenvalue weighted by molar-refractivity contribution is 4.71. The average molecular weight is 265 g/mol. The Morgan fingerprint density at radius 2 is 1.59 bits per heavy atom. The van der Waals surface area contributed by atoms with E-state index in [4.69, 9.17) is 0 Å². The van der Waals surface area contributed by atoms with Gasteiger partial charge in [-0.3, -0.25) is 0 Å². The van der Waals surface area contributed by atoms with Crippen LogP contribution in [0.2, 0.25) is 0 Å². The lowest BCUT2D eigenvalue weighted by atomic mass is 10.1. The van der Waals surface area contributed by atoms with Gasteiger partial charge in [0, 0.05) is 12.5 Å². The van der Waals surface area contributed by atoms with Gasteiger partial charge in [0.05, 0.1) is 6.42 Å². The zero-order valence-electron chi connectivity index (χ0n) is 9.59. The van der Waals surface area contributed by atoms with Gasteiger partial charge < -0.3 is 5.32 Å². The Morgan fingerprint density at radius 1 is 1.00 bits per heavy atom. The van der Waals surface area contributed by atoms with E-state index >= 15 is 0 Å². The van der Waals surface area contributed by atoms with E-state index in [2.05, 4.69) is 5.32 Å². The maximum Gasteiger partial charge on any atom is 0.390 e. The van der Waals surface area contributed by atoms with Crippen LogP contribution in [0.1, 0.15) is 39.0 Å². The average Bonchev–Trinajstić information content (AvgIpc) is 2.09. The summed E-state index contributed by atoms with van der Waals surface area (Å²) in [5.74, 6) is 0. The Morgan fingerprint density at radius 3 is 2.00 bits per heavy atom. The van der Waals surface area contributed by atoms with Gasteiger partial charge in [-0.1, -0.05) is 6.92 Å². The van der Waals surface area contributed by atoms with Gasteiger partial charge in [-0.25, -0.2) is 0 Å². The van der Waals surface area contributed by atoms with Crippen molar-refractivity contribution in [2.45, 2.75) is 57.4 Å². The molecule has 0 heterocycles. The molecule has 1 nitrogen and oxygen atoms in total. The summed E-state index contributed by atoms with van der Waals surface area (Å²) < 4.78 is 72.0. The van der Waals surface area contributed by atoms with Crippen molar-refractivity contribution in [2.75, 3.05) is 6.54 Å². The molecule has 0 aromatic rings. The van der Waals surface area contributed by atoms with Crippen LogP contribution < -0.4 is 5.32 Å². The van der Waals surface area contributed by atoms with Gasteiger partial charge in [0.2, 0.25) is 0 Å². The van der Waals surface area contributed by atoms with Crippen molar-refractivity contribution in [2.24, 2.45) is 0 Å². The normalized spacial score (nSPS) is 15.0. The number of halogens is 6. The number of nitrogens with one attached hydrogen (secondary N) is 1. The van der Waals surface area contributed by atoms with Gasteiger partial charge in [-0.05, 0) is 25.8 Å². The molecule has 1 unspecified atom stereocenters. The van der Waals surface area contributed by atoms with Crippen LogP contribution in [0.3, 0.4) is 0 Å². The predicted molar refractivity (Wildman–Crippen MR) is 52.7 cm³/mol. The van der Waals surface area contributed by atoms with Crippen LogP contribution in [-0.2, 0) is 0 Å². The van der Waals surface area contributed by atoms with Gasteiger partial charge in [0.1, 0.15) is 0 Å². The van der Waals surface area contributed by atoms with Gasteiger partial charge in [0.15, 0.2) is 0 Å². The molecule has 7 heteroatoms. The molecule has 0 aromatic carbocycles. The lowest BCUT2D eigenvalue weighted by molar-refractivity contribution is -0.143. The first-order valence-corrected chi connectivity index (χ1v) is 5.51. The molecule has 0 radical (unpaired) electrons. The highest BCUT2D eigenvalue weighted by atomic mass is 19.4. The summed E-state index contributed by atoms with van der Waals surface area (Å²) in [6.45, 7) is 2.17. The summed E-state index contributed by atoms with van der Waals surface area (Å²) in [6.07, 6.45) is -10.5. The molecule has 0 saturated heterocycles. The first kappa shape index (κ1) is 16.5. The van der Waals surface area contributed by atoms with Crippen molar-refractivity contribution in [3.05, 3.63) is 0 Å². The van der Waals surface area contributed by atoms with Crippen molar-refractivity contribution in [1.82, 2.24) is 5.32 Å². The van der Waals surface area contributed by atoms with Gasteiger partial charge in [-0.15, -0.1) is 0 Å². The molecular weight excluding hydrogens is 248 g/mol. The minimum Gasteiger partial charge on any atom is -0.314 e. The molecule has 0 aliphatic rings. The van der Waals surface area contributed by atoms with Gasteiger partial charge in [-0.2, -0.15) is 26.3 Å². The summed E-state index contributed by atoms with van der Waals surface area (Å²) in [5, 5.41) is 2.62. The molecule has 0 rings (SSSR count). The first-order valence-electron chi connectivity index (χ1n) is 5.51. The van der Waals surface area contributed by atoms with Crippen molar-refractivity contribution in [3.63, 3.8) is 0 Å². The number of alkyl halides is 6. The monoisotopic (exact) mass is 265 g/mol. The molecule has 0 aliphatic carbocycles. The minimum atomic E-state index is -4.34. The second-order valence-corrected chi connectivity index (χ2v) is 3.98. The molecule has 0 bridgehead atoms. The SMILES string of the molecule is CCCNC(CCCC(F)(F)F)CC(F)(F)F. The fraction of sp³-hybridized carbons (Fsp3) is 1.00. The Hall–Kier alpha value is -0.460. The van der Waals surface area contributed by atoms with E-state index in [0.717, 1.165) is 0 Å². The second kappa shape index (κ2) is 7.08. The highest BCUT2D eigenvalue weighted by Gasteiger charge is 2.32. The lowest BCUT2D eigenvalue weighted by Crippen LogP contribution is -2.34. The quantitative estimate of drug-likeness (QED) is 0.685. The van der Waals surface area contributed by atoms with E-state index < -0.39 is 31.2 Å². The van der Waals surface area contributed by atoms with Crippen LogP contribution in [0.15, 0.2) is 0 Å². The van der Waals surface area contributed by atoms with E-state index in [9.17, 15) is 26.3 Å². The Kier molecular flexibility index (Phi) is 6.89. The van der Waals surface area contributed by atoms with E-state index in [-0.39, 0.29) is 12.8 Å². The number of hydrogen-bond donors (Lipinski definition) is 1. The molecular formula is C10H17F6N. The Bertz CT molecular complexity index is 198. The zero-order valence-corrected chi connectivity index (χ0v) is 9.59.